The Morgan fingerprint density at radius 2 is 1.92 bits per heavy atom. The first-order chi connectivity index (χ1) is 17.2. The third kappa shape index (κ3) is 5.98. The lowest BCUT2D eigenvalue weighted by Gasteiger charge is -2.26. The topological polar surface area (TPSA) is 90.6 Å². The number of thiol groups is 1. The standard InChI is InChI=1S/C27H33N5O3S/c1-17-11-18(2)30-27(34)24(17)15-29-26(33)23-12-21(13-25(19(23)3)31(4)36)20-5-6-22(28-14-20)16-32-7-9-35-10-8-32/h5-6,11-14,36H,7-10,15-16H2,1-4H3,(H,29,33)(H,30,34). The van der Waals surface area contributed by atoms with Crippen LogP contribution in [0.3, 0.4) is 0 Å². The summed E-state index contributed by atoms with van der Waals surface area (Å²) in [6.45, 7) is 9.87. The predicted molar refractivity (Wildman–Crippen MR) is 146 cm³/mol. The molecule has 0 atom stereocenters. The molecule has 0 bridgehead atoms. The minimum absolute atomic E-state index is 0.147. The first-order valence-electron chi connectivity index (χ1n) is 12.0. The van der Waals surface area contributed by atoms with Crippen LogP contribution in [0.15, 0.2) is 41.3 Å². The highest BCUT2D eigenvalue weighted by Gasteiger charge is 2.18. The Hall–Kier alpha value is -3.14. The van der Waals surface area contributed by atoms with E-state index in [1.54, 1.807) is 4.31 Å². The van der Waals surface area contributed by atoms with Crippen molar-refractivity contribution in [2.24, 2.45) is 0 Å². The molecule has 1 saturated heterocycles. The average Bonchev–Trinajstić information content (AvgIpc) is 2.84. The first kappa shape index (κ1) is 25.9. The summed E-state index contributed by atoms with van der Waals surface area (Å²) in [5.74, 6) is -0.248. The maximum Gasteiger partial charge on any atom is 0.253 e. The molecule has 3 aromatic rings. The molecule has 2 N–H and O–H groups in total. The number of nitrogens with zero attached hydrogens (tertiary/aromatic N) is 3. The Morgan fingerprint density at radius 1 is 1.17 bits per heavy atom. The number of anilines is 1. The summed E-state index contributed by atoms with van der Waals surface area (Å²) >= 11 is 4.49. The molecule has 0 spiro atoms. The zero-order chi connectivity index (χ0) is 25.8. The van der Waals surface area contributed by atoms with Gasteiger partial charge in [-0.25, -0.2) is 0 Å². The van der Waals surface area contributed by atoms with E-state index >= 15 is 0 Å². The van der Waals surface area contributed by atoms with Crippen molar-refractivity contribution in [1.29, 1.82) is 0 Å². The van der Waals surface area contributed by atoms with Crippen molar-refractivity contribution < 1.29 is 9.53 Å². The lowest BCUT2D eigenvalue weighted by molar-refractivity contribution is 0.0336. The van der Waals surface area contributed by atoms with Crippen LogP contribution in [0.25, 0.3) is 11.1 Å². The number of rotatable bonds is 7. The van der Waals surface area contributed by atoms with Gasteiger partial charge in [0.2, 0.25) is 0 Å². The van der Waals surface area contributed by atoms with Gasteiger partial charge in [0, 0.05) is 61.8 Å². The van der Waals surface area contributed by atoms with Crippen LogP contribution < -0.4 is 15.2 Å². The molecule has 0 unspecified atom stereocenters. The Morgan fingerprint density at radius 3 is 2.56 bits per heavy atom. The van der Waals surface area contributed by atoms with Crippen LogP contribution in [0.4, 0.5) is 5.69 Å². The molecule has 9 heteroatoms. The van der Waals surface area contributed by atoms with E-state index in [0.717, 1.165) is 72.2 Å². The molecule has 1 aromatic carbocycles. The summed E-state index contributed by atoms with van der Waals surface area (Å²) in [7, 11) is 1.83. The van der Waals surface area contributed by atoms with Crippen LogP contribution in [0, 0.1) is 20.8 Å². The van der Waals surface area contributed by atoms with E-state index in [0.29, 0.717) is 11.1 Å². The van der Waals surface area contributed by atoms with Crippen LogP contribution in [-0.2, 0) is 17.8 Å². The summed E-state index contributed by atoms with van der Waals surface area (Å²) in [6, 6.07) is 9.84. The molecule has 0 saturated carbocycles. The number of ether oxygens (including phenoxy) is 1. The molecular weight excluding hydrogens is 474 g/mol. The third-order valence-corrected chi connectivity index (χ3v) is 6.76. The van der Waals surface area contributed by atoms with Gasteiger partial charge in [0.1, 0.15) is 0 Å². The van der Waals surface area contributed by atoms with Gasteiger partial charge in [-0.15, -0.1) is 0 Å². The number of aromatic nitrogens is 2. The summed E-state index contributed by atoms with van der Waals surface area (Å²) < 4.78 is 7.12. The van der Waals surface area contributed by atoms with E-state index in [1.165, 1.54) is 0 Å². The van der Waals surface area contributed by atoms with E-state index in [9.17, 15) is 9.59 Å². The molecule has 2 aromatic heterocycles. The van der Waals surface area contributed by atoms with E-state index < -0.39 is 0 Å². The lowest BCUT2D eigenvalue weighted by Crippen LogP contribution is -2.35. The molecule has 8 nitrogen and oxygen atoms in total. The predicted octanol–water partition coefficient (Wildman–Crippen LogP) is 3.41. The second-order valence-corrected chi connectivity index (χ2v) is 9.84. The Kier molecular flexibility index (Phi) is 8.13. The highest BCUT2D eigenvalue weighted by atomic mass is 32.1. The number of H-pyrrole nitrogens is 1. The van der Waals surface area contributed by atoms with Crippen LogP contribution in [0.5, 0.6) is 0 Å². The van der Waals surface area contributed by atoms with Crippen molar-refractivity contribution in [1.82, 2.24) is 20.2 Å². The molecule has 1 aliphatic heterocycles. The maximum atomic E-state index is 13.3. The molecule has 0 aliphatic carbocycles. The molecule has 36 heavy (non-hydrogen) atoms. The summed E-state index contributed by atoms with van der Waals surface area (Å²) in [4.78, 5) is 35.4. The van der Waals surface area contributed by atoms with Crippen molar-refractivity contribution in [3.8, 4) is 11.1 Å². The van der Waals surface area contributed by atoms with E-state index in [4.69, 9.17) is 4.74 Å². The van der Waals surface area contributed by atoms with E-state index in [1.807, 2.05) is 64.3 Å². The fourth-order valence-corrected chi connectivity index (χ4v) is 4.69. The van der Waals surface area contributed by atoms with Crippen molar-refractivity contribution in [2.45, 2.75) is 33.9 Å². The first-order valence-corrected chi connectivity index (χ1v) is 12.4. The number of pyridine rings is 2. The van der Waals surface area contributed by atoms with Gasteiger partial charge in [0.05, 0.1) is 24.6 Å². The Balaban J connectivity index is 1.58. The zero-order valence-electron chi connectivity index (χ0n) is 21.2. The average molecular weight is 508 g/mol. The minimum atomic E-state index is -0.248. The number of nitrogens with one attached hydrogen (secondary N) is 2. The van der Waals surface area contributed by atoms with Crippen LogP contribution in [0.1, 0.15) is 38.4 Å². The Bertz CT molecular complexity index is 1300. The molecule has 0 radical (unpaired) electrons. The van der Waals surface area contributed by atoms with Gasteiger partial charge >= 0.3 is 0 Å². The number of carbonyl (C=O) groups is 1. The number of carbonyl (C=O) groups excluding carboxylic acids is 1. The Labute approximate surface area is 217 Å². The van der Waals surface area contributed by atoms with Crippen LogP contribution in [0.2, 0.25) is 0 Å². The monoisotopic (exact) mass is 507 g/mol. The van der Waals surface area contributed by atoms with Gasteiger partial charge in [0.15, 0.2) is 0 Å². The molecule has 3 heterocycles. The molecule has 1 aliphatic rings. The van der Waals surface area contributed by atoms with E-state index in [-0.39, 0.29) is 18.0 Å². The number of aromatic amines is 1. The number of amides is 1. The fourth-order valence-electron chi connectivity index (χ4n) is 4.48. The number of hydrogen-bond donors (Lipinski definition) is 3. The lowest BCUT2D eigenvalue weighted by atomic mass is 9.98. The van der Waals surface area contributed by atoms with Gasteiger partial charge in [0.25, 0.3) is 11.5 Å². The molecule has 4 rings (SSSR count). The van der Waals surface area contributed by atoms with Gasteiger partial charge in [-0.05, 0) is 61.7 Å². The highest BCUT2D eigenvalue weighted by molar-refractivity contribution is 7.81. The number of aryl methyl sites for hydroxylation is 2. The normalized spacial score (nSPS) is 14.0. The van der Waals surface area contributed by atoms with Crippen molar-refractivity contribution in [2.75, 3.05) is 37.7 Å². The second kappa shape index (κ2) is 11.3. The molecule has 190 valence electrons. The zero-order valence-corrected chi connectivity index (χ0v) is 22.1. The van der Waals surface area contributed by atoms with Crippen LogP contribution >= 0.6 is 12.8 Å². The van der Waals surface area contributed by atoms with Crippen molar-refractivity contribution in [3.05, 3.63) is 80.5 Å². The fraction of sp³-hybridized carbons (Fsp3) is 0.370. The maximum absolute atomic E-state index is 13.3. The largest absolute Gasteiger partial charge is 0.379 e. The van der Waals surface area contributed by atoms with Gasteiger partial charge in [-0.2, -0.15) is 0 Å². The summed E-state index contributed by atoms with van der Waals surface area (Å²) in [6.07, 6.45) is 1.85. The second-order valence-electron chi connectivity index (χ2n) is 9.24. The number of hydrogen-bond acceptors (Lipinski definition) is 7. The summed E-state index contributed by atoms with van der Waals surface area (Å²) in [5.41, 5.74) is 6.95. The van der Waals surface area contributed by atoms with Gasteiger partial charge in [-0.3, -0.25) is 19.5 Å². The highest BCUT2D eigenvalue weighted by Crippen LogP contribution is 2.31. The van der Waals surface area contributed by atoms with Crippen LogP contribution in [-0.4, -0.2) is 54.1 Å². The molecule has 1 amide bonds. The van der Waals surface area contributed by atoms with E-state index in [2.05, 4.69) is 33.0 Å². The summed E-state index contributed by atoms with van der Waals surface area (Å²) in [5, 5.41) is 2.92. The van der Waals surface area contributed by atoms with Crippen molar-refractivity contribution >= 4 is 24.4 Å². The smallest absolute Gasteiger partial charge is 0.253 e. The third-order valence-electron chi connectivity index (χ3n) is 6.54. The quantitative estimate of drug-likeness (QED) is 0.425. The minimum Gasteiger partial charge on any atom is -0.379 e. The van der Waals surface area contributed by atoms with Crippen molar-refractivity contribution in [3.63, 3.8) is 0 Å². The SMILES string of the molecule is Cc1cc(C)c(CNC(=O)c2cc(-c3ccc(CN4CCOCC4)nc3)cc(N(C)S)c2C)c(=O)[nH]1. The number of morpholine rings is 1. The number of benzene rings is 1. The van der Waals surface area contributed by atoms with Gasteiger partial charge in [-0.1, -0.05) is 18.9 Å². The molecular formula is C27H33N5O3S. The van der Waals surface area contributed by atoms with Gasteiger partial charge < -0.3 is 19.3 Å². The molecule has 1 fully saturated rings.